The SMILES string of the molecule is Cc1ccc(-c2ccc([N+]([O-])(c3ccccc3)C3CCCCCC3)cc2)cc1. The van der Waals surface area contributed by atoms with Gasteiger partial charge in [0.15, 0.2) is 0 Å². The third kappa shape index (κ3) is 3.76. The second kappa shape index (κ2) is 8.30. The topological polar surface area (TPSA) is 23.1 Å². The van der Waals surface area contributed by atoms with Crippen molar-refractivity contribution in [3.05, 3.63) is 89.6 Å². The monoisotopic (exact) mass is 371 g/mol. The summed E-state index contributed by atoms with van der Waals surface area (Å²) in [5.74, 6) is 0. The molecule has 1 atom stereocenters. The van der Waals surface area contributed by atoms with Crippen LogP contribution in [0.25, 0.3) is 11.1 Å². The lowest BCUT2D eigenvalue weighted by molar-refractivity contribution is 0.335. The number of hydrogen-bond donors (Lipinski definition) is 0. The molecule has 0 heterocycles. The molecule has 0 saturated heterocycles. The molecule has 3 aromatic carbocycles. The molecule has 0 spiro atoms. The fourth-order valence-corrected chi connectivity index (χ4v) is 4.46. The number of hydroxylamine groups is 1. The van der Waals surface area contributed by atoms with E-state index in [1.807, 2.05) is 42.5 Å². The second-order valence-electron chi connectivity index (χ2n) is 8.05. The minimum absolute atomic E-state index is 0.0927. The van der Waals surface area contributed by atoms with Gasteiger partial charge < -0.3 is 5.21 Å². The van der Waals surface area contributed by atoms with Crippen LogP contribution < -0.4 is 4.65 Å². The number of hydrogen-bond acceptors (Lipinski definition) is 1. The summed E-state index contributed by atoms with van der Waals surface area (Å²) in [4.78, 5) is 0. The number of benzene rings is 3. The van der Waals surface area contributed by atoms with E-state index >= 15 is 0 Å². The molecule has 4 rings (SSSR count). The molecule has 1 unspecified atom stereocenters. The van der Waals surface area contributed by atoms with Gasteiger partial charge in [-0.25, -0.2) is 0 Å². The van der Waals surface area contributed by atoms with Crippen LogP contribution >= 0.6 is 0 Å². The van der Waals surface area contributed by atoms with Crippen molar-refractivity contribution in [2.45, 2.75) is 51.5 Å². The zero-order valence-corrected chi connectivity index (χ0v) is 16.7. The van der Waals surface area contributed by atoms with E-state index in [0.717, 1.165) is 42.6 Å². The summed E-state index contributed by atoms with van der Waals surface area (Å²) >= 11 is 0. The highest BCUT2D eigenvalue weighted by molar-refractivity contribution is 5.68. The smallest absolute Gasteiger partial charge is 0.138 e. The summed E-state index contributed by atoms with van der Waals surface area (Å²) in [7, 11) is 0. The minimum Gasteiger partial charge on any atom is -0.622 e. The first-order chi connectivity index (χ1) is 13.7. The Balaban J connectivity index is 1.73. The maximum absolute atomic E-state index is 14.4. The standard InChI is InChI=1S/C26H29NO/c1-21-13-15-22(16-14-21)23-17-19-26(20-18-23)27(28,25-11-7-4-8-12-25)24-9-5-2-3-6-10-24/h4,7-8,11-20,24H,2-3,5-6,9-10H2,1H3. The van der Waals surface area contributed by atoms with E-state index in [2.05, 4.69) is 43.3 Å². The van der Waals surface area contributed by atoms with Crippen molar-refractivity contribution in [1.82, 2.24) is 4.65 Å². The van der Waals surface area contributed by atoms with E-state index in [0.29, 0.717) is 0 Å². The van der Waals surface area contributed by atoms with Gasteiger partial charge in [-0.3, -0.25) is 4.65 Å². The van der Waals surface area contributed by atoms with Crippen LogP contribution in [0.5, 0.6) is 0 Å². The first kappa shape index (κ1) is 18.9. The highest BCUT2D eigenvalue weighted by atomic mass is 16.5. The third-order valence-electron chi connectivity index (χ3n) is 6.11. The number of quaternary nitrogens is 1. The highest BCUT2D eigenvalue weighted by Gasteiger charge is 2.34. The van der Waals surface area contributed by atoms with Gasteiger partial charge in [0.25, 0.3) is 0 Å². The van der Waals surface area contributed by atoms with E-state index in [-0.39, 0.29) is 10.7 Å². The van der Waals surface area contributed by atoms with Crippen LogP contribution in [-0.2, 0) is 0 Å². The zero-order valence-electron chi connectivity index (χ0n) is 16.7. The Morgan fingerprint density at radius 3 is 1.71 bits per heavy atom. The Bertz CT molecular complexity index is 878. The number of para-hydroxylation sites is 1. The van der Waals surface area contributed by atoms with Gasteiger partial charge >= 0.3 is 0 Å². The lowest BCUT2D eigenvalue weighted by atomic mass is 10.0. The van der Waals surface area contributed by atoms with Crippen LogP contribution in [0.15, 0.2) is 78.9 Å². The van der Waals surface area contributed by atoms with Gasteiger partial charge in [-0.05, 0) is 55.2 Å². The van der Waals surface area contributed by atoms with Crippen molar-refractivity contribution in [3.8, 4) is 11.1 Å². The minimum atomic E-state index is -0.338. The van der Waals surface area contributed by atoms with Crippen LogP contribution in [-0.4, -0.2) is 6.04 Å². The lowest BCUT2D eigenvalue weighted by Gasteiger charge is -2.47. The van der Waals surface area contributed by atoms with Crippen molar-refractivity contribution in [2.75, 3.05) is 0 Å². The van der Waals surface area contributed by atoms with E-state index in [1.54, 1.807) is 0 Å². The molecule has 2 heteroatoms. The van der Waals surface area contributed by atoms with Gasteiger partial charge in [-0.2, -0.15) is 0 Å². The van der Waals surface area contributed by atoms with Gasteiger partial charge in [-0.1, -0.05) is 60.9 Å². The van der Waals surface area contributed by atoms with Gasteiger partial charge in [0, 0.05) is 25.0 Å². The second-order valence-corrected chi connectivity index (χ2v) is 8.05. The molecule has 144 valence electrons. The molecule has 0 aliphatic heterocycles. The van der Waals surface area contributed by atoms with E-state index in [4.69, 9.17) is 0 Å². The van der Waals surface area contributed by atoms with Crippen molar-refractivity contribution in [2.24, 2.45) is 0 Å². The maximum Gasteiger partial charge on any atom is 0.138 e. The van der Waals surface area contributed by atoms with E-state index in [9.17, 15) is 5.21 Å². The predicted molar refractivity (Wildman–Crippen MR) is 119 cm³/mol. The van der Waals surface area contributed by atoms with Crippen molar-refractivity contribution in [3.63, 3.8) is 0 Å². The van der Waals surface area contributed by atoms with Crippen LogP contribution in [0.1, 0.15) is 44.1 Å². The summed E-state index contributed by atoms with van der Waals surface area (Å²) < 4.78 is -0.338. The van der Waals surface area contributed by atoms with Gasteiger partial charge in [0.1, 0.15) is 11.4 Å². The van der Waals surface area contributed by atoms with Crippen LogP contribution in [0.2, 0.25) is 0 Å². The maximum atomic E-state index is 14.4. The average Bonchev–Trinajstić information content (AvgIpc) is 3.04. The van der Waals surface area contributed by atoms with Crippen LogP contribution in [0, 0.1) is 12.1 Å². The Labute approximate surface area is 168 Å². The molecular formula is C26H29NO. The quantitative estimate of drug-likeness (QED) is 0.264. The molecule has 28 heavy (non-hydrogen) atoms. The normalized spacial score (nSPS) is 17.6. The van der Waals surface area contributed by atoms with Gasteiger partial charge in [0.2, 0.25) is 0 Å². The van der Waals surface area contributed by atoms with Crippen molar-refractivity contribution >= 4 is 11.4 Å². The van der Waals surface area contributed by atoms with Gasteiger partial charge in [-0.15, -0.1) is 0 Å². The molecule has 0 amide bonds. The number of aryl methyl sites for hydroxylation is 1. The fraction of sp³-hybridized carbons (Fsp3) is 0.308. The highest BCUT2D eigenvalue weighted by Crippen LogP contribution is 2.41. The Hall–Kier alpha value is -2.42. The molecule has 1 aliphatic rings. The van der Waals surface area contributed by atoms with Crippen LogP contribution in [0.4, 0.5) is 11.4 Å². The number of rotatable bonds is 4. The zero-order chi connectivity index (χ0) is 19.4. The van der Waals surface area contributed by atoms with Crippen LogP contribution in [0.3, 0.4) is 0 Å². The molecule has 2 nitrogen and oxygen atoms in total. The summed E-state index contributed by atoms with van der Waals surface area (Å²) in [5, 5.41) is 14.4. The molecule has 0 N–H and O–H groups in total. The summed E-state index contributed by atoms with van der Waals surface area (Å²) in [5.41, 5.74) is 5.29. The molecule has 3 aromatic rings. The lowest BCUT2D eigenvalue weighted by Crippen LogP contribution is -2.47. The molecule has 1 saturated carbocycles. The predicted octanol–water partition coefficient (Wildman–Crippen LogP) is 7.52. The van der Waals surface area contributed by atoms with Gasteiger partial charge in [0.05, 0.1) is 6.04 Å². The summed E-state index contributed by atoms with van der Waals surface area (Å²) in [6.45, 7) is 2.10. The van der Waals surface area contributed by atoms with E-state index < -0.39 is 0 Å². The van der Waals surface area contributed by atoms with Crippen molar-refractivity contribution in [1.29, 1.82) is 0 Å². The molecule has 0 radical (unpaired) electrons. The first-order valence-electron chi connectivity index (χ1n) is 10.5. The largest absolute Gasteiger partial charge is 0.622 e. The third-order valence-corrected chi connectivity index (χ3v) is 6.11. The Morgan fingerprint density at radius 2 is 1.14 bits per heavy atom. The Kier molecular flexibility index (Phi) is 5.61. The molecule has 0 aromatic heterocycles. The Morgan fingerprint density at radius 1 is 0.643 bits per heavy atom. The molecular weight excluding hydrogens is 342 g/mol. The fourth-order valence-electron chi connectivity index (χ4n) is 4.46. The molecule has 0 bridgehead atoms. The summed E-state index contributed by atoms with van der Waals surface area (Å²) in [6, 6.07) is 26.9. The number of nitrogens with zero attached hydrogens (tertiary/aromatic N) is 1. The molecule has 1 fully saturated rings. The molecule has 1 aliphatic carbocycles. The first-order valence-corrected chi connectivity index (χ1v) is 10.5. The van der Waals surface area contributed by atoms with E-state index in [1.165, 1.54) is 24.0 Å². The average molecular weight is 372 g/mol. The van der Waals surface area contributed by atoms with Crippen molar-refractivity contribution < 1.29 is 0 Å². The summed E-state index contributed by atoms with van der Waals surface area (Å²) in [6.07, 6.45) is 6.80.